The smallest absolute Gasteiger partial charge is 0.254 e. The summed E-state index contributed by atoms with van der Waals surface area (Å²) in [5.41, 5.74) is 2.58. The van der Waals surface area contributed by atoms with Crippen molar-refractivity contribution in [2.24, 2.45) is 0 Å². The second-order valence-corrected chi connectivity index (χ2v) is 5.88. The van der Waals surface area contributed by atoms with Gasteiger partial charge in [-0.1, -0.05) is 42.5 Å². The number of hydrogen-bond donors (Lipinski definition) is 0. The van der Waals surface area contributed by atoms with Crippen LogP contribution < -0.4 is 4.47 Å². The van der Waals surface area contributed by atoms with Crippen molar-refractivity contribution in [3.63, 3.8) is 0 Å². The molecule has 0 unspecified atom stereocenters. The van der Waals surface area contributed by atoms with Crippen molar-refractivity contribution in [1.29, 1.82) is 0 Å². The first-order valence-electron chi connectivity index (χ1n) is 5.72. The van der Waals surface area contributed by atoms with Crippen molar-refractivity contribution in [1.82, 2.24) is 0 Å². The normalized spacial score (nSPS) is 11.3. The Balaban J connectivity index is 2.34. The van der Waals surface area contributed by atoms with Crippen LogP contribution in [-0.4, -0.2) is 21.8 Å². The van der Waals surface area contributed by atoms with Crippen LogP contribution in [0.5, 0.6) is 0 Å². The molecule has 0 saturated carbocycles. The molecule has 2 aromatic carbocycles. The molecule has 0 aliphatic heterocycles. The van der Waals surface area contributed by atoms with E-state index in [2.05, 4.69) is 0 Å². The zero-order valence-corrected chi connectivity index (χ0v) is 11.6. The van der Waals surface area contributed by atoms with Gasteiger partial charge in [-0.3, -0.25) is 4.84 Å². The Labute approximate surface area is 113 Å². The lowest BCUT2D eigenvalue weighted by Crippen LogP contribution is -2.28. The third kappa shape index (κ3) is 3.13. The lowest BCUT2D eigenvalue weighted by atomic mass is 10.1. The Morgan fingerprint density at radius 2 is 1.42 bits per heavy atom. The third-order valence-electron chi connectivity index (χ3n) is 2.65. The Morgan fingerprint density at radius 3 is 1.89 bits per heavy atom. The quantitative estimate of drug-likeness (QED) is 0.807. The molecule has 2 aromatic rings. The van der Waals surface area contributed by atoms with Crippen LogP contribution in [0.15, 0.2) is 54.6 Å². The van der Waals surface area contributed by atoms with Crippen LogP contribution in [0.2, 0.25) is 0 Å². The van der Waals surface area contributed by atoms with Crippen molar-refractivity contribution in [3.05, 3.63) is 54.6 Å². The summed E-state index contributed by atoms with van der Waals surface area (Å²) in [6.45, 7) is 0. The first kappa shape index (κ1) is 13.6. The molecule has 0 saturated heterocycles. The molecular formula is C14H15NO3S. The maximum absolute atomic E-state index is 11.5. The van der Waals surface area contributed by atoms with E-state index in [9.17, 15) is 8.42 Å². The van der Waals surface area contributed by atoms with Crippen molar-refractivity contribution in [3.8, 4) is 11.1 Å². The lowest BCUT2D eigenvalue weighted by Gasteiger charge is -2.19. The van der Waals surface area contributed by atoms with Gasteiger partial charge in [0.1, 0.15) is 0 Å². The molecule has 0 aliphatic carbocycles. The van der Waals surface area contributed by atoms with Crippen molar-refractivity contribution in [2.45, 2.75) is 0 Å². The fraction of sp³-hybridized carbons (Fsp3) is 0.143. The number of rotatable bonds is 4. The highest BCUT2D eigenvalue weighted by atomic mass is 32.2. The first-order chi connectivity index (χ1) is 9.02. The van der Waals surface area contributed by atoms with Crippen LogP contribution in [-0.2, 0) is 14.9 Å². The molecule has 100 valence electrons. The average Bonchev–Trinajstić information content (AvgIpc) is 2.40. The Hall–Kier alpha value is -1.85. The number of benzene rings is 2. The molecule has 0 amide bonds. The summed E-state index contributed by atoms with van der Waals surface area (Å²) in [6, 6.07) is 17.0. The standard InChI is InChI=1S/C14H15NO3S/c1-18-15(19(2,16)17)14-10-8-13(9-11-14)12-6-4-3-5-7-12/h3-11H,1-2H3. The molecule has 4 nitrogen and oxygen atoms in total. The highest BCUT2D eigenvalue weighted by Crippen LogP contribution is 2.24. The van der Waals surface area contributed by atoms with E-state index in [1.54, 1.807) is 12.1 Å². The molecule has 0 atom stereocenters. The topological polar surface area (TPSA) is 46.6 Å². The van der Waals surface area contributed by atoms with Gasteiger partial charge >= 0.3 is 0 Å². The van der Waals surface area contributed by atoms with E-state index < -0.39 is 10.0 Å². The molecular weight excluding hydrogens is 262 g/mol. The number of anilines is 1. The molecule has 2 rings (SSSR count). The second-order valence-electron chi connectivity index (χ2n) is 4.09. The molecule has 0 heterocycles. The van der Waals surface area contributed by atoms with Crippen LogP contribution in [0.3, 0.4) is 0 Å². The zero-order valence-electron chi connectivity index (χ0n) is 10.8. The monoisotopic (exact) mass is 277 g/mol. The maximum Gasteiger partial charge on any atom is 0.254 e. The Kier molecular flexibility index (Phi) is 3.87. The van der Waals surface area contributed by atoms with Gasteiger partial charge in [-0.2, -0.15) is 0 Å². The fourth-order valence-corrected chi connectivity index (χ4v) is 2.61. The Bertz CT molecular complexity index is 636. The number of sulfonamides is 1. The highest BCUT2D eigenvalue weighted by molar-refractivity contribution is 7.91. The molecule has 0 fully saturated rings. The van der Waals surface area contributed by atoms with Crippen molar-refractivity contribution < 1.29 is 13.3 Å². The van der Waals surface area contributed by atoms with Crippen LogP contribution in [0.4, 0.5) is 5.69 Å². The van der Waals surface area contributed by atoms with E-state index in [1.165, 1.54) is 7.11 Å². The third-order valence-corrected chi connectivity index (χ3v) is 3.61. The lowest BCUT2D eigenvalue weighted by molar-refractivity contribution is 0.217. The van der Waals surface area contributed by atoms with Gasteiger partial charge in [-0.25, -0.2) is 8.42 Å². The fourth-order valence-electron chi connectivity index (χ4n) is 1.84. The minimum absolute atomic E-state index is 0.477. The van der Waals surface area contributed by atoms with Crippen LogP contribution >= 0.6 is 0 Å². The minimum atomic E-state index is -3.43. The summed E-state index contributed by atoms with van der Waals surface area (Å²) in [4.78, 5) is 4.89. The van der Waals surface area contributed by atoms with Gasteiger partial charge in [0, 0.05) is 0 Å². The predicted molar refractivity (Wildman–Crippen MR) is 76.2 cm³/mol. The summed E-state index contributed by atoms with van der Waals surface area (Å²) in [5.74, 6) is 0. The maximum atomic E-state index is 11.5. The molecule has 19 heavy (non-hydrogen) atoms. The highest BCUT2D eigenvalue weighted by Gasteiger charge is 2.16. The van der Waals surface area contributed by atoms with Gasteiger partial charge in [0.15, 0.2) is 0 Å². The largest absolute Gasteiger partial charge is 0.262 e. The summed E-state index contributed by atoms with van der Waals surface area (Å²) in [7, 11) is -2.11. The molecule has 0 aromatic heterocycles. The van der Waals surface area contributed by atoms with Gasteiger partial charge in [0.25, 0.3) is 10.0 Å². The van der Waals surface area contributed by atoms with Crippen molar-refractivity contribution >= 4 is 15.7 Å². The van der Waals surface area contributed by atoms with Gasteiger partial charge < -0.3 is 0 Å². The van der Waals surface area contributed by atoms with Crippen LogP contribution in [0.25, 0.3) is 11.1 Å². The summed E-state index contributed by atoms with van der Waals surface area (Å²) >= 11 is 0. The summed E-state index contributed by atoms with van der Waals surface area (Å²) in [5, 5.41) is 0. The van der Waals surface area contributed by atoms with E-state index >= 15 is 0 Å². The number of hydrogen-bond acceptors (Lipinski definition) is 3. The van der Waals surface area contributed by atoms with E-state index in [4.69, 9.17) is 4.84 Å². The zero-order chi connectivity index (χ0) is 13.9. The Morgan fingerprint density at radius 1 is 0.895 bits per heavy atom. The van der Waals surface area contributed by atoms with Gasteiger partial charge in [-0.05, 0) is 23.3 Å². The molecule has 0 aliphatic rings. The summed E-state index contributed by atoms with van der Waals surface area (Å²) in [6.07, 6.45) is 1.10. The molecule has 0 bridgehead atoms. The van der Waals surface area contributed by atoms with Gasteiger partial charge in [0.2, 0.25) is 0 Å². The first-order valence-corrected chi connectivity index (χ1v) is 7.57. The molecule has 5 heteroatoms. The average molecular weight is 277 g/mol. The molecule has 0 radical (unpaired) electrons. The molecule has 0 N–H and O–H groups in total. The van der Waals surface area contributed by atoms with E-state index in [0.717, 1.165) is 21.9 Å². The van der Waals surface area contributed by atoms with Crippen LogP contribution in [0, 0.1) is 0 Å². The van der Waals surface area contributed by atoms with E-state index in [0.29, 0.717) is 5.69 Å². The predicted octanol–water partition coefficient (Wildman–Crippen LogP) is 2.68. The minimum Gasteiger partial charge on any atom is -0.262 e. The second kappa shape index (κ2) is 5.42. The SMILES string of the molecule is CON(c1ccc(-c2ccccc2)cc1)S(C)(=O)=O. The molecule has 0 spiro atoms. The summed E-state index contributed by atoms with van der Waals surface area (Å²) < 4.78 is 23.9. The van der Waals surface area contributed by atoms with Crippen molar-refractivity contribution in [2.75, 3.05) is 17.8 Å². The van der Waals surface area contributed by atoms with Gasteiger partial charge in [-0.15, -0.1) is 4.47 Å². The van der Waals surface area contributed by atoms with E-state index in [1.807, 2.05) is 42.5 Å². The van der Waals surface area contributed by atoms with Crippen LogP contribution in [0.1, 0.15) is 0 Å². The number of nitrogens with zero attached hydrogens (tertiary/aromatic N) is 1. The van der Waals surface area contributed by atoms with Gasteiger partial charge in [0.05, 0.1) is 19.1 Å². The van der Waals surface area contributed by atoms with E-state index in [-0.39, 0.29) is 0 Å².